The Balaban J connectivity index is 0.825. The number of nitrogens with zero attached hydrogens (tertiary/aromatic N) is 7. The quantitative estimate of drug-likeness (QED) is 0.233. The molecule has 0 radical (unpaired) electrons. The summed E-state index contributed by atoms with van der Waals surface area (Å²) in [5.74, 6) is -0.179. The van der Waals surface area contributed by atoms with Crippen LogP contribution in [0.2, 0.25) is 0 Å². The van der Waals surface area contributed by atoms with Crippen molar-refractivity contribution < 1.29 is 31.2 Å². The molecule has 4 saturated heterocycles. The first-order valence-corrected chi connectivity index (χ1v) is 21.1. The number of rotatable bonds is 9. The molecule has 4 aliphatic rings. The fourth-order valence-corrected chi connectivity index (χ4v) is 10.3. The van der Waals surface area contributed by atoms with Crippen molar-refractivity contribution in [2.75, 3.05) is 56.0 Å². The average molecular weight is 810 g/mol. The van der Waals surface area contributed by atoms with Gasteiger partial charge in [-0.2, -0.15) is 17.5 Å². The van der Waals surface area contributed by atoms with Crippen LogP contribution >= 0.6 is 0 Å². The van der Waals surface area contributed by atoms with Crippen LogP contribution in [0, 0.1) is 5.92 Å². The molecule has 4 aromatic rings. The summed E-state index contributed by atoms with van der Waals surface area (Å²) in [7, 11) is -3.76. The van der Waals surface area contributed by atoms with Gasteiger partial charge in [0.1, 0.15) is 6.04 Å². The zero-order valence-electron chi connectivity index (χ0n) is 31.4. The van der Waals surface area contributed by atoms with Crippen LogP contribution in [0.3, 0.4) is 0 Å². The first-order chi connectivity index (χ1) is 27.3. The predicted octanol–water partition coefficient (Wildman–Crippen LogP) is 4.41. The Morgan fingerprint density at radius 3 is 2.11 bits per heavy atom. The van der Waals surface area contributed by atoms with Crippen molar-refractivity contribution in [3.05, 3.63) is 77.0 Å². The van der Waals surface area contributed by atoms with Crippen molar-refractivity contribution in [1.82, 2.24) is 33.6 Å². The molecule has 304 valence electrons. The Morgan fingerprint density at radius 2 is 1.46 bits per heavy atom. The van der Waals surface area contributed by atoms with Crippen LogP contribution in [-0.4, -0.2) is 100 Å². The Kier molecular flexibility index (Phi) is 10.9. The number of fused-ring (bicyclic) bond motifs is 1. The zero-order chi connectivity index (χ0) is 39.9. The number of carbonyl (C=O) groups is 2. The molecule has 0 bridgehead atoms. The fourth-order valence-electron chi connectivity index (χ4n) is 8.84. The maximum atomic E-state index is 13.9. The van der Waals surface area contributed by atoms with Gasteiger partial charge in [-0.1, -0.05) is 18.2 Å². The molecule has 2 aromatic heterocycles. The van der Waals surface area contributed by atoms with E-state index in [9.17, 15) is 36.0 Å². The van der Waals surface area contributed by atoms with Crippen molar-refractivity contribution >= 4 is 44.5 Å². The number of alkyl halides is 3. The number of halogens is 3. The lowest BCUT2D eigenvalue weighted by molar-refractivity contribution is -0.138. The van der Waals surface area contributed by atoms with E-state index in [1.807, 2.05) is 34.9 Å². The molecule has 2 N–H and O–H groups in total. The number of hydrogen-bond donors (Lipinski definition) is 2. The topological polar surface area (TPSA) is 155 Å². The lowest BCUT2D eigenvalue weighted by Crippen LogP contribution is -2.45. The van der Waals surface area contributed by atoms with Gasteiger partial charge in [0.05, 0.1) is 21.5 Å². The second kappa shape index (κ2) is 15.9. The van der Waals surface area contributed by atoms with E-state index in [1.165, 1.54) is 4.31 Å². The molecule has 0 saturated carbocycles. The molecule has 1 unspecified atom stereocenters. The number of benzene rings is 2. The molecule has 2 aromatic carbocycles. The Bertz CT molecular complexity index is 2270. The summed E-state index contributed by atoms with van der Waals surface area (Å²) in [5.41, 5.74) is 1.25. The maximum Gasteiger partial charge on any atom is 0.419 e. The monoisotopic (exact) mass is 809 g/mol. The highest BCUT2D eigenvalue weighted by Crippen LogP contribution is 2.33. The minimum absolute atomic E-state index is 0.00363. The standard InChI is InChI=1S/C39H46F3N9O5S/c40-39(41,42)27-23-43-37(44-24-27)45-28-12-20-49(21-13-28)57(55,56)31-5-3-4-30(22-31)48-18-10-26(11-19-48)25-47-16-14-29(15-17-47)50-32-6-1-2-7-33(32)51(38(50)54)34-8-9-35(52)46-36(34)53/h1-7,22-24,26,28-29,34H,8-21,25H2,(H,43,44,45)(H,46,52,53). The van der Waals surface area contributed by atoms with E-state index in [1.54, 1.807) is 22.8 Å². The third kappa shape index (κ3) is 8.16. The first-order valence-electron chi connectivity index (χ1n) is 19.6. The smallest absolute Gasteiger partial charge is 0.371 e. The van der Waals surface area contributed by atoms with Gasteiger partial charge in [0.15, 0.2) is 0 Å². The molecule has 4 fully saturated rings. The zero-order valence-corrected chi connectivity index (χ0v) is 32.2. The van der Waals surface area contributed by atoms with Crippen LogP contribution in [0.4, 0.5) is 24.8 Å². The second-order valence-electron chi connectivity index (χ2n) is 15.6. The Hall–Kier alpha value is -4.81. The normalized spacial score (nSPS) is 21.6. The second-order valence-corrected chi connectivity index (χ2v) is 17.5. The number of para-hydroxylation sites is 2. The largest absolute Gasteiger partial charge is 0.419 e. The molecule has 2 amide bonds. The minimum atomic E-state index is -4.52. The molecule has 18 heteroatoms. The maximum absolute atomic E-state index is 13.9. The van der Waals surface area contributed by atoms with Crippen molar-refractivity contribution in [3.8, 4) is 0 Å². The highest BCUT2D eigenvalue weighted by molar-refractivity contribution is 7.89. The predicted molar refractivity (Wildman–Crippen MR) is 206 cm³/mol. The molecule has 14 nitrogen and oxygen atoms in total. The summed E-state index contributed by atoms with van der Waals surface area (Å²) in [6, 6.07) is 13.8. The number of imide groups is 1. The summed E-state index contributed by atoms with van der Waals surface area (Å²) < 4.78 is 70.8. The first kappa shape index (κ1) is 39.0. The number of sulfonamides is 1. The van der Waals surface area contributed by atoms with E-state index in [4.69, 9.17) is 0 Å². The van der Waals surface area contributed by atoms with E-state index in [2.05, 4.69) is 30.4 Å². The van der Waals surface area contributed by atoms with E-state index >= 15 is 0 Å². The van der Waals surface area contributed by atoms with Crippen LogP contribution in [0.1, 0.15) is 69.0 Å². The van der Waals surface area contributed by atoms with E-state index in [-0.39, 0.29) is 54.0 Å². The van der Waals surface area contributed by atoms with Crippen molar-refractivity contribution in [3.63, 3.8) is 0 Å². The summed E-state index contributed by atoms with van der Waals surface area (Å²) in [6.45, 7) is 4.80. The number of nitrogens with one attached hydrogen (secondary N) is 2. The molecular weight excluding hydrogens is 764 g/mol. The molecule has 0 aliphatic carbocycles. The van der Waals surface area contributed by atoms with Gasteiger partial charge in [0, 0.05) is 82.4 Å². The van der Waals surface area contributed by atoms with Gasteiger partial charge in [-0.25, -0.2) is 23.2 Å². The molecule has 0 spiro atoms. The molecular formula is C39H46F3N9O5S. The van der Waals surface area contributed by atoms with Gasteiger partial charge >= 0.3 is 11.9 Å². The van der Waals surface area contributed by atoms with Gasteiger partial charge < -0.3 is 15.1 Å². The average Bonchev–Trinajstić information content (AvgIpc) is 3.50. The Morgan fingerprint density at radius 1 is 0.789 bits per heavy atom. The summed E-state index contributed by atoms with van der Waals surface area (Å²) in [6.07, 6.45) is 1.93. The highest BCUT2D eigenvalue weighted by Gasteiger charge is 2.35. The van der Waals surface area contributed by atoms with Gasteiger partial charge in [0.2, 0.25) is 27.8 Å². The van der Waals surface area contributed by atoms with E-state index in [0.29, 0.717) is 30.7 Å². The van der Waals surface area contributed by atoms with Crippen LogP contribution in [0.25, 0.3) is 11.0 Å². The number of anilines is 2. The minimum Gasteiger partial charge on any atom is -0.371 e. The number of aromatic nitrogens is 4. The van der Waals surface area contributed by atoms with Crippen LogP contribution in [-0.2, 0) is 25.8 Å². The number of piperidine rings is 4. The summed E-state index contributed by atoms with van der Waals surface area (Å²) in [4.78, 5) is 50.9. The third-order valence-electron chi connectivity index (χ3n) is 12.0. The number of likely N-dealkylation sites (tertiary alicyclic amines) is 1. The number of amides is 2. The van der Waals surface area contributed by atoms with Gasteiger partial charge in [-0.15, -0.1) is 0 Å². The molecule has 1 atom stereocenters. The SMILES string of the molecule is O=C1CCC(n2c(=O)n(C3CCN(CC4CCN(c5cccc(S(=O)(=O)N6CCC(Nc7ncc(C(F)(F)F)cn7)CC6)c5)CC4)CC3)c3ccccc32)C(=O)N1. The number of imidazole rings is 1. The van der Waals surface area contributed by atoms with Crippen LogP contribution in [0.15, 0.2) is 70.6 Å². The molecule has 57 heavy (non-hydrogen) atoms. The van der Waals surface area contributed by atoms with Crippen molar-refractivity contribution in [2.45, 2.75) is 80.6 Å². The number of carbonyl (C=O) groups excluding carboxylic acids is 2. The van der Waals surface area contributed by atoms with Crippen LogP contribution in [0.5, 0.6) is 0 Å². The van der Waals surface area contributed by atoms with Gasteiger partial charge in [0.25, 0.3) is 0 Å². The molecule has 4 aliphatic heterocycles. The molecule has 6 heterocycles. The fraction of sp³-hybridized carbons (Fsp3) is 0.513. The van der Waals surface area contributed by atoms with E-state index < -0.39 is 33.7 Å². The Labute approximate surface area is 328 Å². The van der Waals surface area contributed by atoms with Crippen molar-refractivity contribution in [1.29, 1.82) is 0 Å². The van der Waals surface area contributed by atoms with Crippen molar-refractivity contribution in [2.24, 2.45) is 5.92 Å². The lowest BCUT2D eigenvalue weighted by Gasteiger charge is -2.38. The summed E-state index contributed by atoms with van der Waals surface area (Å²) >= 11 is 0. The summed E-state index contributed by atoms with van der Waals surface area (Å²) in [5, 5.41) is 5.42. The van der Waals surface area contributed by atoms with E-state index in [0.717, 1.165) is 82.0 Å². The third-order valence-corrected chi connectivity index (χ3v) is 13.9. The van der Waals surface area contributed by atoms with Gasteiger partial charge in [-0.3, -0.25) is 24.0 Å². The van der Waals surface area contributed by atoms with Gasteiger partial charge in [-0.05, 0) is 81.2 Å². The molecule has 8 rings (SSSR count). The highest BCUT2D eigenvalue weighted by atomic mass is 32.2. The number of hydrogen-bond acceptors (Lipinski definition) is 10. The van der Waals surface area contributed by atoms with Crippen LogP contribution < -0.4 is 21.2 Å². The lowest BCUT2D eigenvalue weighted by atomic mass is 9.94.